The molecule has 0 spiro atoms. The van der Waals surface area contributed by atoms with E-state index >= 15 is 0 Å². The van der Waals surface area contributed by atoms with Crippen LogP contribution in [0.25, 0.3) is 0 Å². The minimum Gasteiger partial charge on any atom is -0.479 e. The lowest BCUT2D eigenvalue weighted by Gasteiger charge is -2.25. The van der Waals surface area contributed by atoms with Crippen molar-refractivity contribution < 1.29 is 19.4 Å². The van der Waals surface area contributed by atoms with E-state index in [1.54, 1.807) is 11.8 Å². The summed E-state index contributed by atoms with van der Waals surface area (Å²) in [6.07, 6.45) is 2.74. The van der Waals surface area contributed by atoms with Crippen LogP contribution in [0.4, 0.5) is 0 Å². The van der Waals surface area contributed by atoms with Gasteiger partial charge in [0.25, 0.3) is 0 Å². The number of carboxylic acid groups (broad SMARTS) is 1. The van der Waals surface area contributed by atoms with Gasteiger partial charge in [-0.3, -0.25) is 4.79 Å². The summed E-state index contributed by atoms with van der Waals surface area (Å²) in [7, 11) is 0. The molecule has 4 N–H and O–H groups in total. The molecule has 17 heavy (non-hydrogen) atoms. The quantitative estimate of drug-likeness (QED) is 0.592. The molecule has 1 unspecified atom stereocenters. The van der Waals surface area contributed by atoms with E-state index in [1.165, 1.54) is 0 Å². The van der Waals surface area contributed by atoms with Gasteiger partial charge in [0.1, 0.15) is 0 Å². The van der Waals surface area contributed by atoms with Crippen LogP contribution in [0.5, 0.6) is 0 Å². The fourth-order valence-electron chi connectivity index (χ4n) is 1.59. The summed E-state index contributed by atoms with van der Waals surface area (Å²) >= 11 is 1.59. The van der Waals surface area contributed by atoms with E-state index in [9.17, 15) is 9.59 Å². The molecule has 0 aromatic carbocycles. The van der Waals surface area contributed by atoms with Crippen LogP contribution in [-0.4, -0.2) is 53.8 Å². The Balaban J connectivity index is 2.56. The molecule has 0 aromatic heterocycles. The van der Waals surface area contributed by atoms with Gasteiger partial charge in [0.05, 0.1) is 12.6 Å². The third-order valence-electron chi connectivity index (χ3n) is 2.76. The van der Waals surface area contributed by atoms with Crippen LogP contribution in [-0.2, 0) is 14.3 Å². The number of carbonyl (C=O) groups excluding carboxylic acids is 1. The number of nitrogens with two attached hydrogens (primary N) is 1. The number of carbonyl (C=O) groups is 2. The predicted octanol–water partition coefficient (Wildman–Crippen LogP) is -0.573. The maximum Gasteiger partial charge on any atom is 0.331 e. The molecular weight excluding hydrogens is 244 g/mol. The third kappa shape index (κ3) is 3.58. The third-order valence-corrected chi connectivity index (χ3v) is 3.41. The predicted molar refractivity (Wildman–Crippen MR) is 64.9 cm³/mol. The summed E-state index contributed by atoms with van der Waals surface area (Å²) in [4.78, 5) is 22.9. The molecule has 0 aromatic rings. The van der Waals surface area contributed by atoms with Gasteiger partial charge in [-0.2, -0.15) is 11.8 Å². The van der Waals surface area contributed by atoms with Crippen LogP contribution in [0.15, 0.2) is 0 Å². The van der Waals surface area contributed by atoms with Gasteiger partial charge in [0.15, 0.2) is 5.54 Å². The van der Waals surface area contributed by atoms with Gasteiger partial charge >= 0.3 is 5.97 Å². The zero-order valence-electron chi connectivity index (χ0n) is 9.77. The Bertz CT molecular complexity index is 292. The van der Waals surface area contributed by atoms with Crippen molar-refractivity contribution in [3.8, 4) is 0 Å². The van der Waals surface area contributed by atoms with E-state index in [0.29, 0.717) is 13.0 Å². The Kier molecular flexibility index (Phi) is 5.23. The normalized spacial score (nSPS) is 25.5. The average Bonchev–Trinajstić information content (AvgIpc) is 2.75. The zero-order chi connectivity index (χ0) is 12.9. The molecular formula is C10H18N2O4S. The summed E-state index contributed by atoms with van der Waals surface area (Å²) in [5.74, 6) is -0.724. The molecule has 1 rings (SSSR count). The van der Waals surface area contributed by atoms with Gasteiger partial charge in [-0.1, -0.05) is 0 Å². The SMILES string of the molecule is CSCC[C@@H](N)C(=O)NC1(C(=O)O)CCOC1. The number of ether oxygens (including phenoxy) is 1. The molecule has 1 saturated heterocycles. The molecule has 1 aliphatic heterocycles. The lowest BCUT2D eigenvalue weighted by atomic mass is 9.98. The van der Waals surface area contributed by atoms with Crippen molar-refractivity contribution in [3.63, 3.8) is 0 Å². The van der Waals surface area contributed by atoms with Crippen molar-refractivity contribution in [2.75, 3.05) is 25.2 Å². The van der Waals surface area contributed by atoms with Crippen molar-refractivity contribution in [2.24, 2.45) is 5.73 Å². The molecule has 98 valence electrons. The van der Waals surface area contributed by atoms with Gasteiger partial charge in [-0.25, -0.2) is 4.79 Å². The van der Waals surface area contributed by atoms with Crippen LogP contribution in [0, 0.1) is 0 Å². The van der Waals surface area contributed by atoms with Crippen LogP contribution >= 0.6 is 11.8 Å². The zero-order valence-corrected chi connectivity index (χ0v) is 10.6. The van der Waals surface area contributed by atoms with E-state index < -0.39 is 23.5 Å². The topological polar surface area (TPSA) is 102 Å². The first-order valence-corrected chi connectivity index (χ1v) is 6.79. The highest BCUT2D eigenvalue weighted by atomic mass is 32.2. The number of nitrogens with one attached hydrogen (secondary N) is 1. The summed E-state index contributed by atoms with van der Waals surface area (Å²) in [5, 5.41) is 11.6. The lowest BCUT2D eigenvalue weighted by molar-refractivity contribution is -0.147. The molecule has 0 bridgehead atoms. The Morgan fingerprint density at radius 1 is 1.65 bits per heavy atom. The monoisotopic (exact) mass is 262 g/mol. The summed E-state index contributed by atoms with van der Waals surface area (Å²) in [6.45, 7) is 0.343. The number of hydrogen-bond donors (Lipinski definition) is 3. The minimum atomic E-state index is -1.30. The molecule has 2 atom stereocenters. The maximum absolute atomic E-state index is 11.8. The Hall–Kier alpha value is -0.790. The van der Waals surface area contributed by atoms with E-state index in [0.717, 1.165) is 5.75 Å². The molecule has 1 aliphatic rings. The Morgan fingerprint density at radius 2 is 2.35 bits per heavy atom. The minimum absolute atomic E-state index is 0.00329. The molecule has 1 amide bonds. The van der Waals surface area contributed by atoms with Gasteiger partial charge in [0, 0.05) is 13.0 Å². The van der Waals surface area contributed by atoms with Crippen LogP contribution in [0.2, 0.25) is 0 Å². The number of rotatable bonds is 6. The number of carboxylic acids is 1. The molecule has 0 saturated carbocycles. The number of hydrogen-bond acceptors (Lipinski definition) is 5. The highest BCUT2D eigenvalue weighted by molar-refractivity contribution is 7.98. The van der Waals surface area contributed by atoms with Gasteiger partial charge in [0.2, 0.25) is 5.91 Å². The van der Waals surface area contributed by atoms with Crippen LogP contribution < -0.4 is 11.1 Å². The van der Waals surface area contributed by atoms with Crippen LogP contribution in [0.3, 0.4) is 0 Å². The fraction of sp³-hybridized carbons (Fsp3) is 0.800. The summed E-state index contributed by atoms with van der Waals surface area (Å²) < 4.78 is 5.04. The second-order valence-electron chi connectivity index (χ2n) is 4.07. The molecule has 0 aliphatic carbocycles. The summed E-state index contributed by atoms with van der Waals surface area (Å²) in [5.41, 5.74) is 4.38. The maximum atomic E-state index is 11.8. The largest absolute Gasteiger partial charge is 0.479 e. The second-order valence-corrected chi connectivity index (χ2v) is 5.05. The van der Waals surface area contributed by atoms with Crippen LogP contribution in [0.1, 0.15) is 12.8 Å². The first kappa shape index (κ1) is 14.3. The molecule has 1 fully saturated rings. The van der Waals surface area contributed by atoms with Gasteiger partial charge in [-0.05, 0) is 18.4 Å². The standard InChI is InChI=1S/C10H18N2O4S/c1-17-5-2-7(11)8(13)12-10(9(14)15)3-4-16-6-10/h7H,2-6,11H2,1H3,(H,12,13)(H,14,15)/t7-,10?/m1/s1. The van der Waals surface area contributed by atoms with Crippen molar-refractivity contribution in [3.05, 3.63) is 0 Å². The fourth-order valence-corrected chi connectivity index (χ4v) is 2.08. The lowest BCUT2D eigenvalue weighted by Crippen LogP contribution is -2.58. The molecule has 0 radical (unpaired) electrons. The average molecular weight is 262 g/mol. The van der Waals surface area contributed by atoms with Crippen molar-refractivity contribution >= 4 is 23.6 Å². The second kappa shape index (κ2) is 6.23. The van der Waals surface area contributed by atoms with Crippen molar-refractivity contribution in [1.29, 1.82) is 0 Å². The Morgan fingerprint density at radius 3 is 2.82 bits per heavy atom. The molecule has 7 heteroatoms. The van der Waals surface area contributed by atoms with E-state index in [4.69, 9.17) is 15.6 Å². The van der Waals surface area contributed by atoms with Gasteiger partial charge in [-0.15, -0.1) is 0 Å². The first-order valence-electron chi connectivity index (χ1n) is 5.39. The number of amides is 1. The highest BCUT2D eigenvalue weighted by Gasteiger charge is 2.44. The van der Waals surface area contributed by atoms with Crippen molar-refractivity contribution in [2.45, 2.75) is 24.4 Å². The van der Waals surface area contributed by atoms with E-state index in [1.807, 2.05) is 6.26 Å². The number of thioether (sulfide) groups is 1. The molecule has 6 nitrogen and oxygen atoms in total. The molecule has 1 heterocycles. The van der Waals surface area contributed by atoms with E-state index in [2.05, 4.69) is 5.32 Å². The summed E-state index contributed by atoms with van der Waals surface area (Å²) in [6, 6.07) is -0.667. The number of aliphatic carboxylic acids is 1. The van der Waals surface area contributed by atoms with Gasteiger partial charge < -0.3 is 20.9 Å². The van der Waals surface area contributed by atoms with Crippen molar-refractivity contribution in [1.82, 2.24) is 5.32 Å². The first-order chi connectivity index (χ1) is 8.02. The smallest absolute Gasteiger partial charge is 0.331 e. The highest BCUT2D eigenvalue weighted by Crippen LogP contribution is 2.19. The van der Waals surface area contributed by atoms with E-state index in [-0.39, 0.29) is 13.0 Å². The Labute approximate surface area is 104 Å².